The van der Waals surface area contributed by atoms with E-state index in [9.17, 15) is 18.4 Å². The molecule has 10 heteroatoms. The van der Waals surface area contributed by atoms with Crippen LogP contribution in [0.4, 0.5) is 14.5 Å². The molecule has 0 saturated carbocycles. The Hall–Kier alpha value is -4.08. The molecule has 4 rings (SSSR count). The van der Waals surface area contributed by atoms with Gasteiger partial charge in [-0.3, -0.25) is 4.79 Å². The van der Waals surface area contributed by atoms with E-state index in [1.54, 1.807) is 13.0 Å². The van der Waals surface area contributed by atoms with Gasteiger partial charge in [0.25, 0.3) is 5.88 Å². The Morgan fingerprint density at radius 3 is 2.80 bits per heavy atom. The summed E-state index contributed by atoms with van der Waals surface area (Å²) in [7, 11) is 0. The molecule has 0 bridgehead atoms. The number of hydrogen-bond donors (Lipinski definition) is 1. The van der Waals surface area contributed by atoms with E-state index in [1.165, 1.54) is 42.7 Å². The lowest BCUT2D eigenvalue weighted by atomic mass is 10.2. The summed E-state index contributed by atoms with van der Waals surface area (Å²) in [6.07, 6.45) is 2.69. The molecule has 4 aromatic rings. The van der Waals surface area contributed by atoms with E-state index in [0.29, 0.717) is 5.56 Å². The number of carbonyl (C=O) groups is 1. The van der Waals surface area contributed by atoms with Crippen LogP contribution in [0.3, 0.4) is 0 Å². The molecule has 152 valence electrons. The summed E-state index contributed by atoms with van der Waals surface area (Å²) in [6, 6.07) is 9.69. The zero-order valence-corrected chi connectivity index (χ0v) is 15.7. The van der Waals surface area contributed by atoms with Crippen LogP contribution in [0.15, 0.2) is 59.7 Å². The first-order valence-electron chi connectivity index (χ1n) is 8.84. The average Bonchev–Trinajstić information content (AvgIpc) is 3.01. The summed E-state index contributed by atoms with van der Waals surface area (Å²) >= 11 is 0. The predicted molar refractivity (Wildman–Crippen MR) is 103 cm³/mol. The maximum absolute atomic E-state index is 13.6. The number of rotatable bonds is 5. The fourth-order valence-electron chi connectivity index (χ4n) is 2.75. The van der Waals surface area contributed by atoms with E-state index < -0.39 is 29.8 Å². The molecule has 1 N–H and O–H groups in total. The molecule has 0 atom stereocenters. The van der Waals surface area contributed by atoms with Crippen LogP contribution in [-0.2, 0) is 11.3 Å². The summed E-state index contributed by atoms with van der Waals surface area (Å²) in [5.74, 6) is -1.37. The van der Waals surface area contributed by atoms with Gasteiger partial charge in [0.1, 0.15) is 23.9 Å². The first-order chi connectivity index (χ1) is 14.4. The standard InChI is InChI=1S/C20H15F2N5O3/c1-12-5-6-14(10-16(12)22)24-17(28)11-27-20(29)26-8-7-23-19(18(26)25-27)30-15-4-2-3-13(21)9-15/h2-10H,11H2,1H3,(H,24,28). The highest BCUT2D eigenvalue weighted by Gasteiger charge is 2.16. The van der Waals surface area contributed by atoms with Gasteiger partial charge in [-0.1, -0.05) is 12.1 Å². The van der Waals surface area contributed by atoms with E-state index in [4.69, 9.17) is 4.74 Å². The van der Waals surface area contributed by atoms with Crippen molar-refractivity contribution >= 4 is 17.2 Å². The Morgan fingerprint density at radius 2 is 2.03 bits per heavy atom. The molecule has 0 saturated heterocycles. The number of carbonyl (C=O) groups excluding carboxylic acids is 1. The molecule has 0 fully saturated rings. The number of amides is 1. The van der Waals surface area contributed by atoms with Gasteiger partial charge in [0, 0.05) is 24.1 Å². The summed E-state index contributed by atoms with van der Waals surface area (Å²) < 4.78 is 34.6. The van der Waals surface area contributed by atoms with Crippen molar-refractivity contribution in [3.63, 3.8) is 0 Å². The molecule has 30 heavy (non-hydrogen) atoms. The topological polar surface area (TPSA) is 90.5 Å². The molecular formula is C20H15F2N5O3. The van der Waals surface area contributed by atoms with Crippen LogP contribution in [-0.4, -0.2) is 25.1 Å². The Morgan fingerprint density at radius 1 is 1.20 bits per heavy atom. The molecule has 0 unspecified atom stereocenters. The molecule has 0 radical (unpaired) electrons. The summed E-state index contributed by atoms with van der Waals surface area (Å²) in [6.45, 7) is 1.20. The quantitative estimate of drug-likeness (QED) is 0.545. The Kier molecular flexibility index (Phi) is 4.97. The monoisotopic (exact) mass is 411 g/mol. The highest BCUT2D eigenvalue weighted by molar-refractivity contribution is 5.90. The van der Waals surface area contributed by atoms with Gasteiger partial charge in [-0.25, -0.2) is 27.6 Å². The molecule has 8 nitrogen and oxygen atoms in total. The zero-order valence-electron chi connectivity index (χ0n) is 15.7. The van der Waals surface area contributed by atoms with Crippen molar-refractivity contribution in [3.8, 4) is 11.6 Å². The van der Waals surface area contributed by atoms with Crippen LogP contribution in [0.2, 0.25) is 0 Å². The van der Waals surface area contributed by atoms with Crippen molar-refractivity contribution in [2.75, 3.05) is 5.32 Å². The Balaban J connectivity index is 1.59. The molecule has 0 aliphatic heterocycles. The lowest BCUT2D eigenvalue weighted by molar-refractivity contribution is -0.117. The fraction of sp³-hybridized carbons (Fsp3) is 0.100. The molecule has 1 amide bonds. The van der Waals surface area contributed by atoms with E-state index >= 15 is 0 Å². The molecule has 2 aromatic heterocycles. The molecule has 0 aliphatic carbocycles. The van der Waals surface area contributed by atoms with Gasteiger partial charge >= 0.3 is 5.69 Å². The number of benzene rings is 2. The number of ether oxygens (including phenoxy) is 1. The summed E-state index contributed by atoms with van der Waals surface area (Å²) in [5, 5.41) is 6.61. The second-order valence-electron chi connectivity index (χ2n) is 6.44. The Labute approximate surface area is 168 Å². The van der Waals surface area contributed by atoms with Gasteiger partial charge in [0.05, 0.1) is 0 Å². The highest BCUT2D eigenvalue weighted by atomic mass is 19.1. The Bertz CT molecular complexity index is 1320. The lowest BCUT2D eigenvalue weighted by Gasteiger charge is -2.06. The van der Waals surface area contributed by atoms with Crippen molar-refractivity contribution in [1.82, 2.24) is 19.2 Å². The van der Waals surface area contributed by atoms with Gasteiger partial charge in [-0.15, -0.1) is 5.10 Å². The van der Waals surface area contributed by atoms with Crippen LogP contribution < -0.4 is 15.7 Å². The van der Waals surface area contributed by atoms with Crippen LogP contribution >= 0.6 is 0 Å². The van der Waals surface area contributed by atoms with Gasteiger partial charge < -0.3 is 10.1 Å². The maximum atomic E-state index is 13.6. The first kappa shape index (κ1) is 19.2. The fourth-order valence-corrected chi connectivity index (χ4v) is 2.75. The molecule has 2 heterocycles. The minimum absolute atomic E-state index is 0.0278. The maximum Gasteiger partial charge on any atom is 0.351 e. The third-order valence-electron chi connectivity index (χ3n) is 4.23. The normalized spacial score (nSPS) is 10.9. The zero-order chi connectivity index (χ0) is 21.3. The summed E-state index contributed by atoms with van der Waals surface area (Å²) in [5.41, 5.74) is 0.169. The van der Waals surface area contributed by atoms with Crippen molar-refractivity contribution < 1.29 is 18.3 Å². The second kappa shape index (κ2) is 7.74. The SMILES string of the molecule is Cc1ccc(NC(=O)Cn2nc3c(Oc4cccc(F)c4)nccn3c2=O)cc1F. The third-order valence-corrected chi connectivity index (χ3v) is 4.23. The van der Waals surface area contributed by atoms with E-state index in [2.05, 4.69) is 15.4 Å². The predicted octanol–water partition coefficient (Wildman–Crippen LogP) is 2.91. The number of aryl methyl sites for hydroxylation is 1. The molecule has 0 aliphatic rings. The molecule has 2 aromatic carbocycles. The van der Waals surface area contributed by atoms with Crippen LogP contribution in [0.5, 0.6) is 11.6 Å². The second-order valence-corrected chi connectivity index (χ2v) is 6.44. The number of nitrogens with zero attached hydrogens (tertiary/aromatic N) is 4. The lowest BCUT2D eigenvalue weighted by Crippen LogP contribution is -2.28. The van der Waals surface area contributed by atoms with E-state index in [1.807, 2.05) is 0 Å². The largest absolute Gasteiger partial charge is 0.436 e. The number of aromatic nitrogens is 4. The van der Waals surface area contributed by atoms with Crippen LogP contribution in [0, 0.1) is 18.6 Å². The number of hydrogen-bond acceptors (Lipinski definition) is 5. The van der Waals surface area contributed by atoms with Gasteiger partial charge in [-0.2, -0.15) is 0 Å². The van der Waals surface area contributed by atoms with Crippen LogP contribution in [0.25, 0.3) is 5.65 Å². The van der Waals surface area contributed by atoms with Crippen molar-refractivity contribution in [1.29, 1.82) is 0 Å². The smallest absolute Gasteiger partial charge is 0.351 e. The van der Waals surface area contributed by atoms with E-state index in [-0.39, 0.29) is 23.0 Å². The van der Waals surface area contributed by atoms with Crippen LogP contribution in [0.1, 0.15) is 5.56 Å². The minimum atomic E-state index is -0.596. The third kappa shape index (κ3) is 3.88. The van der Waals surface area contributed by atoms with Gasteiger partial charge in [-0.05, 0) is 36.8 Å². The average molecular weight is 411 g/mol. The number of anilines is 1. The molecular weight excluding hydrogens is 396 g/mol. The minimum Gasteiger partial charge on any atom is -0.436 e. The number of nitrogens with one attached hydrogen (secondary N) is 1. The van der Waals surface area contributed by atoms with E-state index in [0.717, 1.165) is 15.1 Å². The van der Waals surface area contributed by atoms with Crippen molar-refractivity contribution in [2.24, 2.45) is 0 Å². The molecule has 0 spiro atoms. The first-order valence-corrected chi connectivity index (χ1v) is 8.84. The number of halogens is 2. The summed E-state index contributed by atoms with van der Waals surface area (Å²) in [4.78, 5) is 28.9. The van der Waals surface area contributed by atoms with Gasteiger partial charge in [0.15, 0.2) is 0 Å². The highest BCUT2D eigenvalue weighted by Crippen LogP contribution is 2.22. The van der Waals surface area contributed by atoms with Crippen molar-refractivity contribution in [3.05, 3.63) is 82.5 Å². The number of fused-ring (bicyclic) bond motifs is 1. The van der Waals surface area contributed by atoms with Gasteiger partial charge in [0.2, 0.25) is 11.6 Å². The van der Waals surface area contributed by atoms with Crippen molar-refractivity contribution in [2.45, 2.75) is 13.5 Å².